The molecule has 0 atom stereocenters. The fourth-order valence-electron chi connectivity index (χ4n) is 2.73. The number of benzene rings is 3. The van der Waals surface area contributed by atoms with Crippen LogP contribution in [0.2, 0.25) is 5.02 Å². The number of hydrogen-bond donors (Lipinski definition) is 0. The summed E-state index contributed by atoms with van der Waals surface area (Å²) in [5.41, 5.74) is 1.93. The van der Waals surface area contributed by atoms with Crippen LogP contribution in [-0.4, -0.2) is 17.8 Å². The van der Waals surface area contributed by atoms with Crippen molar-refractivity contribution in [2.24, 2.45) is 4.99 Å². The van der Waals surface area contributed by atoms with E-state index in [2.05, 4.69) is 20.9 Å². The second-order valence-corrected chi connectivity index (χ2v) is 7.58. The third-order valence-corrected chi connectivity index (χ3v) is 5.11. The van der Waals surface area contributed by atoms with E-state index in [0.29, 0.717) is 31.9 Å². The Morgan fingerprint density at radius 3 is 2.53 bits per heavy atom. The number of cyclic esters (lactones) is 1. The number of ether oxygens (including phenoxy) is 2. The summed E-state index contributed by atoms with van der Waals surface area (Å²) in [5.74, 6) is -0.430. The molecule has 3 aromatic rings. The molecule has 0 fully saturated rings. The van der Waals surface area contributed by atoms with Crippen molar-refractivity contribution in [2.75, 3.05) is 0 Å². The number of carbonyl (C=O) groups excluding carboxylic acids is 2. The average molecular weight is 483 g/mol. The maximum absolute atomic E-state index is 12.3. The van der Waals surface area contributed by atoms with Gasteiger partial charge in [0.1, 0.15) is 5.75 Å². The average Bonchev–Trinajstić information content (AvgIpc) is 3.10. The Bertz CT molecular complexity index is 1200. The van der Waals surface area contributed by atoms with Crippen LogP contribution in [0, 0.1) is 0 Å². The fraction of sp³-hybridized carbons (Fsp3) is 0. The number of hydrogen-bond acceptors (Lipinski definition) is 5. The lowest BCUT2D eigenvalue weighted by Crippen LogP contribution is -2.09. The minimum atomic E-state index is -0.547. The molecule has 0 radical (unpaired) electrons. The zero-order valence-electron chi connectivity index (χ0n) is 15.3. The van der Waals surface area contributed by atoms with Crippen molar-refractivity contribution in [1.29, 1.82) is 0 Å². The molecule has 3 aromatic carbocycles. The predicted octanol–water partition coefficient (Wildman–Crippen LogP) is 5.67. The largest absolute Gasteiger partial charge is 0.423 e. The first kappa shape index (κ1) is 20.1. The van der Waals surface area contributed by atoms with Crippen LogP contribution in [-0.2, 0) is 9.53 Å². The lowest BCUT2D eigenvalue weighted by Gasteiger charge is -2.06. The monoisotopic (exact) mass is 481 g/mol. The second kappa shape index (κ2) is 8.65. The molecule has 5 nitrogen and oxygen atoms in total. The van der Waals surface area contributed by atoms with E-state index in [1.165, 1.54) is 0 Å². The molecule has 0 unspecified atom stereocenters. The van der Waals surface area contributed by atoms with Gasteiger partial charge >= 0.3 is 11.9 Å². The molecule has 0 aromatic heterocycles. The maximum atomic E-state index is 12.3. The topological polar surface area (TPSA) is 65.0 Å². The molecule has 1 aliphatic rings. The molecule has 0 N–H and O–H groups in total. The Hall–Kier alpha value is -3.22. The van der Waals surface area contributed by atoms with Crippen molar-refractivity contribution in [3.05, 3.63) is 105 Å². The van der Waals surface area contributed by atoms with E-state index >= 15 is 0 Å². The molecular formula is C23H13BrClNO4. The number of nitrogens with zero attached hydrogens (tertiary/aromatic N) is 1. The van der Waals surface area contributed by atoms with Gasteiger partial charge in [0.2, 0.25) is 5.90 Å². The van der Waals surface area contributed by atoms with Crippen molar-refractivity contribution in [3.8, 4) is 5.75 Å². The van der Waals surface area contributed by atoms with Crippen molar-refractivity contribution >= 4 is 51.4 Å². The SMILES string of the molecule is O=C1OC(c2cccc(Cl)c2)=N/C1=C/c1ccc(OC(=O)c2ccccc2Br)cc1. The Labute approximate surface area is 185 Å². The Morgan fingerprint density at radius 2 is 1.80 bits per heavy atom. The van der Waals surface area contributed by atoms with Gasteiger partial charge in [-0.15, -0.1) is 0 Å². The molecular weight excluding hydrogens is 470 g/mol. The van der Waals surface area contributed by atoms with Crippen molar-refractivity contribution < 1.29 is 19.1 Å². The van der Waals surface area contributed by atoms with E-state index < -0.39 is 11.9 Å². The summed E-state index contributed by atoms with van der Waals surface area (Å²) in [6.45, 7) is 0. The lowest BCUT2D eigenvalue weighted by molar-refractivity contribution is -0.129. The third-order valence-electron chi connectivity index (χ3n) is 4.18. The van der Waals surface area contributed by atoms with Gasteiger partial charge in [-0.25, -0.2) is 14.6 Å². The molecule has 1 heterocycles. The third kappa shape index (κ3) is 4.50. The predicted molar refractivity (Wildman–Crippen MR) is 118 cm³/mol. The lowest BCUT2D eigenvalue weighted by atomic mass is 10.2. The number of aliphatic imine (C=N–C) groups is 1. The molecule has 0 spiro atoms. The Balaban J connectivity index is 1.50. The van der Waals surface area contributed by atoms with Crippen LogP contribution >= 0.6 is 27.5 Å². The van der Waals surface area contributed by atoms with Crippen molar-refractivity contribution in [2.45, 2.75) is 0 Å². The van der Waals surface area contributed by atoms with Crippen LogP contribution in [0.3, 0.4) is 0 Å². The van der Waals surface area contributed by atoms with E-state index in [1.54, 1.807) is 72.8 Å². The second-order valence-electron chi connectivity index (χ2n) is 6.28. The Kier molecular flexibility index (Phi) is 5.79. The molecule has 0 saturated heterocycles. The molecule has 4 rings (SSSR count). The molecule has 0 bridgehead atoms. The van der Waals surface area contributed by atoms with Gasteiger partial charge in [0.25, 0.3) is 0 Å². The minimum Gasteiger partial charge on any atom is -0.423 e. The first-order chi connectivity index (χ1) is 14.5. The molecule has 0 saturated carbocycles. The van der Waals surface area contributed by atoms with E-state index in [0.717, 1.165) is 0 Å². The van der Waals surface area contributed by atoms with Crippen molar-refractivity contribution in [1.82, 2.24) is 0 Å². The zero-order chi connectivity index (χ0) is 21.1. The Morgan fingerprint density at radius 1 is 1.03 bits per heavy atom. The van der Waals surface area contributed by atoms with Gasteiger partial charge in [0.05, 0.1) is 5.56 Å². The summed E-state index contributed by atoms with van der Waals surface area (Å²) in [6, 6.07) is 20.6. The van der Waals surface area contributed by atoms with Crippen LogP contribution in [0.1, 0.15) is 21.5 Å². The van der Waals surface area contributed by atoms with Gasteiger partial charge < -0.3 is 9.47 Å². The summed E-state index contributed by atoms with van der Waals surface area (Å²) in [5, 5.41) is 0.524. The number of halogens is 2. The van der Waals surface area contributed by atoms with E-state index in [9.17, 15) is 9.59 Å². The highest BCUT2D eigenvalue weighted by Gasteiger charge is 2.24. The molecule has 0 amide bonds. The summed E-state index contributed by atoms with van der Waals surface area (Å²) in [4.78, 5) is 28.7. The van der Waals surface area contributed by atoms with Crippen LogP contribution in [0.4, 0.5) is 0 Å². The first-order valence-electron chi connectivity index (χ1n) is 8.85. The molecule has 0 aliphatic carbocycles. The molecule has 148 valence electrons. The van der Waals surface area contributed by atoms with Gasteiger partial charge in [-0.05, 0) is 70.0 Å². The first-order valence-corrected chi connectivity index (χ1v) is 10.0. The van der Waals surface area contributed by atoms with Gasteiger partial charge in [0, 0.05) is 15.1 Å². The van der Waals surface area contributed by atoms with Crippen LogP contribution in [0.15, 0.2) is 88.0 Å². The number of rotatable bonds is 4. The molecule has 7 heteroatoms. The summed E-state index contributed by atoms with van der Waals surface area (Å²) >= 11 is 9.31. The number of carbonyl (C=O) groups is 2. The van der Waals surface area contributed by atoms with E-state index in [-0.39, 0.29) is 11.6 Å². The summed E-state index contributed by atoms with van der Waals surface area (Å²) in [6.07, 6.45) is 1.60. The van der Waals surface area contributed by atoms with Crippen molar-refractivity contribution in [3.63, 3.8) is 0 Å². The highest BCUT2D eigenvalue weighted by atomic mass is 79.9. The minimum absolute atomic E-state index is 0.169. The maximum Gasteiger partial charge on any atom is 0.363 e. The van der Waals surface area contributed by atoms with E-state index in [1.807, 2.05) is 6.07 Å². The van der Waals surface area contributed by atoms with Gasteiger partial charge in [-0.3, -0.25) is 0 Å². The smallest absolute Gasteiger partial charge is 0.363 e. The van der Waals surface area contributed by atoms with Gasteiger partial charge in [-0.2, -0.15) is 0 Å². The summed E-state index contributed by atoms with van der Waals surface area (Å²) < 4.78 is 11.3. The fourth-order valence-corrected chi connectivity index (χ4v) is 3.37. The van der Waals surface area contributed by atoms with E-state index in [4.69, 9.17) is 21.1 Å². The molecule has 1 aliphatic heterocycles. The normalized spacial score (nSPS) is 14.4. The highest BCUT2D eigenvalue weighted by molar-refractivity contribution is 9.10. The van der Waals surface area contributed by atoms with Gasteiger partial charge in [0.15, 0.2) is 5.70 Å². The summed E-state index contributed by atoms with van der Waals surface area (Å²) in [7, 11) is 0. The highest BCUT2D eigenvalue weighted by Crippen LogP contribution is 2.23. The van der Waals surface area contributed by atoms with Crippen LogP contribution < -0.4 is 4.74 Å². The number of esters is 2. The molecule has 30 heavy (non-hydrogen) atoms. The van der Waals surface area contributed by atoms with Crippen LogP contribution in [0.5, 0.6) is 5.75 Å². The van der Waals surface area contributed by atoms with Gasteiger partial charge in [-0.1, -0.05) is 41.9 Å². The zero-order valence-corrected chi connectivity index (χ0v) is 17.7. The standard InChI is InChI=1S/C23H13BrClNO4/c24-19-7-2-1-6-18(19)22(27)29-17-10-8-14(9-11-17)12-20-23(28)30-21(26-20)15-4-3-5-16(25)13-15/h1-13H/b20-12+. The quantitative estimate of drug-likeness (QED) is 0.273. The van der Waals surface area contributed by atoms with Crippen LogP contribution in [0.25, 0.3) is 6.08 Å².